The van der Waals surface area contributed by atoms with Gasteiger partial charge in [-0.2, -0.15) is 0 Å². The predicted octanol–water partition coefficient (Wildman–Crippen LogP) is 3.96. The monoisotopic (exact) mass is 253 g/mol. The van der Waals surface area contributed by atoms with Gasteiger partial charge in [-0.15, -0.1) is 0 Å². The first-order chi connectivity index (χ1) is 9.08. The molecule has 0 bridgehead atoms. The van der Waals surface area contributed by atoms with Crippen LogP contribution >= 0.6 is 0 Å². The Labute approximate surface area is 111 Å². The highest BCUT2D eigenvalue weighted by Gasteiger charge is 2.04. The highest BCUT2D eigenvalue weighted by Crippen LogP contribution is 2.21. The molecule has 3 heteroatoms. The Morgan fingerprint density at radius 1 is 1.11 bits per heavy atom. The Kier molecular flexibility index (Phi) is 3.76. The van der Waals surface area contributed by atoms with Crippen molar-refractivity contribution in [2.75, 3.05) is 0 Å². The van der Waals surface area contributed by atoms with Crippen LogP contribution in [0, 0.1) is 0 Å². The molecule has 0 fully saturated rings. The number of Topliss-reactive ketones (excluding diaryl/α,β-unsaturated/α-hetero) is 1. The fraction of sp³-hybridized carbons (Fsp3) is 0.125. The molecule has 0 unspecified atom stereocenters. The summed E-state index contributed by atoms with van der Waals surface area (Å²) in [7, 11) is 0. The van der Waals surface area contributed by atoms with Gasteiger partial charge in [-0.05, 0) is 36.8 Å². The highest BCUT2D eigenvalue weighted by molar-refractivity contribution is 6.13. The Morgan fingerprint density at radius 2 is 1.79 bits per heavy atom. The lowest BCUT2D eigenvalue weighted by molar-refractivity contribution is -0.113. The standard InChI is InChI=1S/C16H15NO2/c1-11(18)16(12(2)19)10-17-15-8-7-13-5-3-4-6-14(13)9-15/h3-10,18H,1-2H3/b16-11+,17-10?. The molecule has 0 amide bonds. The average Bonchev–Trinajstić information content (AvgIpc) is 2.38. The molecule has 0 saturated carbocycles. The quantitative estimate of drug-likeness (QED) is 0.511. The van der Waals surface area contributed by atoms with Crippen molar-refractivity contribution in [3.63, 3.8) is 0 Å². The number of ketones is 1. The van der Waals surface area contributed by atoms with Crippen LogP contribution in [0.3, 0.4) is 0 Å². The van der Waals surface area contributed by atoms with Crippen LogP contribution in [-0.4, -0.2) is 17.1 Å². The summed E-state index contributed by atoms with van der Waals surface area (Å²) in [4.78, 5) is 15.5. The molecule has 1 N–H and O–H groups in total. The van der Waals surface area contributed by atoms with Crippen LogP contribution in [0.15, 0.2) is 58.8 Å². The topological polar surface area (TPSA) is 49.7 Å². The van der Waals surface area contributed by atoms with Crippen LogP contribution in [0.1, 0.15) is 13.8 Å². The van der Waals surface area contributed by atoms with Crippen molar-refractivity contribution in [2.45, 2.75) is 13.8 Å². The summed E-state index contributed by atoms with van der Waals surface area (Å²) in [6, 6.07) is 13.8. The molecule has 96 valence electrons. The summed E-state index contributed by atoms with van der Waals surface area (Å²) in [6.07, 6.45) is 1.40. The van der Waals surface area contributed by atoms with Crippen molar-refractivity contribution < 1.29 is 9.90 Å². The predicted molar refractivity (Wildman–Crippen MR) is 78.1 cm³/mol. The lowest BCUT2D eigenvalue weighted by atomic mass is 10.1. The van der Waals surface area contributed by atoms with Gasteiger partial charge in [0.15, 0.2) is 5.78 Å². The SMILES string of the molecule is CC(=O)/C(C=Nc1ccc2ccccc2c1)=C(\C)O. The maximum absolute atomic E-state index is 11.3. The normalized spacial score (nSPS) is 12.7. The molecule has 0 heterocycles. The fourth-order valence-corrected chi connectivity index (χ4v) is 1.84. The van der Waals surface area contributed by atoms with E-state index in [1.807, 2.05) is 42.5 Å². The number of aliphatic imine (C=N–C) groups is 1. The Morgan fingerprint density at radius 3 is 2.42 bits per heavy atom. The molecule has 0 aromatic heterocycles. The number of carbonyl (C=O) groups is 1. The number of rotatable bonds is 3. The van der Waals surface area contributed by atoms with E-state index in [9.17, 15) is 9.90 Å². The zero-order chi connectivity index (χ0) is 13.8. The summed E-state index contributed by atoms with van der Waals surface area (Å²) >= 11 is 0. The van der Waals surface area contributed by atoms with E-state index in [0.717, 1.165) is 16.5 Å². The lowest BCUT2D eigenvalue weighted by Gasteiger charge is -2.00. The molecular weight excluding hydrogens is 238 g/mol. The second-order valence-electron chi connectivity index (χ2n) is 4.34. The molecule has 0 atom stereocenters. The minimum Gasteiger partial charge on any atom is -0.512 e. The Bertz CT molecular complexity index is 680. The molecule has 2 rings (SSSR count). The van der Waals surface area contributed by atoms with E-state index in [1.54, 1.807) is 0 Å². The minimum atomic E-state index is -0.204. The van der Waals surface area contributed by atoms with E-state index in [-0.39, 0.29) is 17.1 Å². The van der Waals surface area contributed by atoms with Crippen LogP contribution in [0.25, 0.3) is 10.8 Å². The van der Waals surface area contributed by atoms with Gasteiger partial charge in [0.2, 0.25) is 0 Å². The zero-order valence-electron chi connectivity index (χ0n) is 10.9. The van der Waals surface area contributed by atoms with Gasteiger partial charge in [-0.25, -0.2) is 0 Å². The van der Waals surface area contributed by atoms with Gasteiger partial charge in [0.25, 0.3) is 0 Å². The number of aliphatic hydroxyl groups is 1. The molecule has 3 nitrogen and oxygen atoms in total. The van der Waals surface area contributed by atoms with Crippen LogP contribution in [0.4, 0.5) is 5.69 Å². The third kappa shape index (κ3) is 3.07. The van der Waals surface area contributed by atoms with Crippen molar-refractivity contribution in [1.29, 1.82) is 0 Å². The molecule has 0 aliphatic heterocycles. The smallest absolute Gasteiger partial charge is 0.164 e. The van der Waals surface area contributed by atoms with Crippen LogP contribution in [0.5, 0.6) is 0 Å². The average molecular weight is 253 g/mol. The third-order valence-corrected chi connectivity index (χ3v) is 2.84. The summed E-state index contributed by atoms with van der Waals surface area (Å²) in [5, 5.41) is 11.6. The molecule has 2 aromatic carbocycles. The first-order valence-corrected chi connectivity index (χ1v) is 6.01. The first kappa shape index (κ1) is 13.0. The fourth-order valence-electron chi connectivity index (χ4n) is 1.84. The number of benzene rings is 2. The summed E-state index contributed by atoms with van der Waals surface area (Å²) < 4.78 is 0. The van der Waals surface area contributed by atoms with Crippen molar-refractivity contribution in [2.24, 2.45) is 4.99 Å². The largest absolute Gasteiger partial charge is 0.512 e. The summed E-state index contributed by atoms with van der Waals surface area (Å²) in [5.41, 5.74) is 0.979. The molecule has 2 aromatic rings. The van der Waals surface area contributed by atoms with Crippen molar-refractivity contribution in [3.05, 3.63) is 53.8 Å². The van der Waals surface area contributed by atoms with Crippen molar-refractivity contribution in [1.82, 2.24) is 0 Å². The maximum atomic E-state index is 11.3. The molecule has 19 heavy (non-hydrogen) atoms. The second kappa shape index (κ2) is 5.48. The van der Waals surface area contributed by atoms with E-state index in [2.05, 4.69) is 4.99 Å². The van der Waals surface area contributed by atoms with Gasteiger partial charge in [0, 0.05) is 6.21 Å². The van der Waals surface area contributed by atoms with E-state index < -0.39 is 0 Å². The molecule has 0 spiro atoms. The van der Waals surface area contributed by atoms with Gasteiger partial charge in [-0.1, -0.05) is 30.3 Å². The number of fused-ring (bicyclic) bond motifs is 1. The molecule has 0 aliphatic rings. The van der Waals surface area contributed by atoms with E-state index >= 15 is 0 Å². The van der Waals surface area contributed by atoms with Gasteiger partial charge in [0.1, 0.15) is 5.76 Å². The summed E-state index contributed by atoms with van der Waals surface area (Å²) in [6.45, 7) is 2.88. The van der Waals surface area contributed by atoms with E-state index in [0.29, 0.717) is 0 Å². The molecule has 0 aliphatic carbocycles. The van der Waals surface area contributed by atoms with E-state index in [4.69, 9.17) is 0 Å². The second-order valence-corrected chi connectivity index (χ2v) is 4.34. The summed E-state index contributed by atoms with van der Waals surface area (Å²) in [5.74, 6) is -0.221. The molecule has 0 radical (unpaired) electrons. The number of allylic oxidation sites excluding steroid dienone is 2. The highest BCUT2D eigenvalue weighted by atomic mass is 16.3. The minimum absolute atomic E-state index is 0.0166. The van der Waals surface area contributed by atoms with Crippen LogP contribution in [-0.2, 0) is 4.79 Å². The number of aliphatic hydroxyl groups excluding tert-OH is 1. The maximum Gasteiger partial charge on any atom is 0.164 e. The number of hydrogen-bond donors (Lipinski definition) is 1. The van der Waals surface area contributed by atoms with Crippen molar-refractivity contribution in [3.8, 4) is 0 Å². The first-order valence-electron chi connectivity index (χ1n) is 6.01. The number of carbonyl (C=O) groups excluding carboxylic acids is 1. The Hall–Kier alpha value is -2.42. The number of nitrogens with zero attached hydrogens (tertiary/aromatic N) is 1. The Balaban J connectivity index is 2.36. The van der Waals surface area contributed by atoms with Crippen LogP contribution < -0.4 is 0 Å². The lowest BCUT2D eigenvalue weighted by Crippen LogP contribution is -2.01. The molecular formula is C16H15NO2. The van der Waals surface area contributed by atoms with Gasteiger partial charge >= 0.3 is 0 Å². The van der Waals surface area contributed by atoms with Gasteiger partial charge < -0.3 is 5.11 Å². The third-order valence-electron chi connectivity index (χ3n) is 2.84. The molecule has 0 saturated heterocycles. The zero-order valence-corrected chi connectivity index (χ0v) is 10.9. The van der Waals surface area contributed by atoms with E-state index in [1.165, 1.54) is 20.1 Å². The van der Waals surface area contributed by atoms with Crippen molar-refractivity contribution >= 4 is 28.5 Å². The van der Waals surface area contributed by atoms with Gasteiger partial charge in [0.05, 0.1) is 11.3 Å². The number of hydrogen-bond acceptors (Lipinski definition) is 3. The van der Waals surface area contributed by atoms with Crippen LogP contribution in [0.2, 0.25) is 0 Å². The van der Waals surface area contributed by atoms with Gasteiger partial charge in [-0.3, -0.25) is 9.79 Å².